The van der Waals surface area contributed by atoms with Crippen LogP contribution in [-0.2, 0) is 32.7 Å². The van der Waals surface area contributed by atoms with E-state index in [9.17, 15) is 19.0 Å². The quantitative estimate of drug-likeness (QED) is 0.0311. The zero-order valence-corrected chi connectivity index (χ0v) is 31.7. The molecule has 0 rings (SSSR count). The number of phosphoric acid groups is 1. The molecule has 0 aliphatic heterocycles. The third-order valence-corrected chi connectivity index (χ3v) is 8.34. The zero-order valence-electron chi connectivity index (χ0n) is 30.8. The summed E-state index contributed by atoms with van der Waals surface area (Å²) in [6.45, 7) is 5.19. The van der Waals surface area contributed by atoms with Gasteiger partial charge < -0.3 is 14.4 Å². The summed E-state index contributed by atoms with van der Waals surface area (Å²) in [7, 11) is -4.30. The molecule has 0 spiro atoms. The molecule has 0 aliphatic rings. The van der Waals surface area contributed by atoms with Gasteiger partial charge in [-0.1, -0.05) is 132 Å². The lowest BCUT2D eigenvalue weighted by Gasteiger charge is -2.19. The number of phosphoric ester groups is 1. The van der Waals surface area contributed by atoms with Crippen molar-refractivity contribution in [3.8, 4) is 0 Å². The first-order valence-corrected chi connectivity index (χ1v) is 20.2. The second-order valence-corrected chi connectivity index (χ2v) is 13.3. The second kappa shape index (κ2) is 35.3. The van der Waals surface area contributed by atoms with Crippen LogP contribution in [0.15, 0.2) is 72.9 Å². The van der Waals surface area contributed by atoms with Gasteiger partial charge in [-0.2, -0.15) is 0 Å². The smallest absolute Gasteiger partial charge is 0.462 e. The summed E-state index contributed by atoms with van der Waals surface area (Å²) in [5.41, 5.74) is 0. The van der Waals surface area contributed by atoms with Crippen molar-refractivity contribution in [2.24, 2.45) is 0 Å². The van der Waals surface area contributed by atoms with E-state index in [1.54, 1.807) is 13.0 Å². The van der Waals surface area contributed by atoms with Crippen LogP contribution < -0.4 is 0 Å². The standard InChI is InChI=1S/C40H67O8P/c1-4-7-9-11-13-15-17-19-21-23-25-27-29-31-33-35-40(42)48-38(37-47-49(43,44)46-6-3)36-45-39(41)34-32-30-28-26-24-22-20-18-16-14-12-10-8-5-2/h7,9,13,15,18-21,25,27,31,33,38H,4-6,8,10-12,14,16-17,22-24,26,28-30,32,34-37H2,1-3H3,(H,43,44)/b9-7-,15-13-,20-18-,21-19-,27-25-,33-31-. The van der Waals surface area contributed by atoms with E-state index in [0.717, 1.165) is 57.8 Å². The van der Waals surface area contributed by atoms with Crippen molar-refractivity contribution >= 4 is 19.8 Å². The van der Waals surface area contributed by atoms with Crippen LogP contribution >= 0.6 is 7.82 Å². The Bertz CT molecular complexity index is 1030. The summed E-state index contributed by atoms with van der Waals surface area (Å²) in [4.78, 5) is 34.5. The normalized spacial score (nSPS) is 14.3. The van der Waals surface area contributed by atoms with Crippen molar-refractivity contribution in [3.05, 3.63) is 72.9 Å². The molecule has 0 aliphatic carbocycles. The minimum Gasteiger partial charge on any atom is -0.462 e. The average Bonchev–Trinajstić information content (AvgIpc) is 3.07. The molecule has 0 saturated carbocycles. The fourth-order valence-electron chi connectivity index (χ4n) is 4.58. The van der Waals surface area contributed by atoms with Gasteiger partial charge in [-0.3, -0.25) is 18.6 Å². The van der Waals surface area contributed by atoms with Crippen molar-refractivity contribution < 1.29 is 37.6 Å². The van der Waals surface area contributed by atoms with Crippen molar-refractivity contribution in [1.29, 1.82) is 0 Å². The van der Waals surface area contributed by atoms with Crippen LogP contribution in [0.1, 0.15) is 143 Å². The largest absolute Gasteiger partial charge is 0.472 e. The zero-order chi connectivity index (χ0) is 36.1. The fraction of sp³-hybridized carbons (Fsp3) is 0.650. The molecule has 0 radical (unpaired) electrons. The lowest BCUT2D eigenvalue weighted by Crippen LogP contribution is -2.29. The van der Waals surface area contributed by atoms with Gasteiger partial charge >= 0.3 is 19.8 Å². The Kier molecular flexibility index (Phi) is 33.5. The number of carbonyl (C=O) groups excluding carboxylic acids is 2. The monoisotopic (exact) mass is 706 g/mol. The molecule has 0 heterocycles. The maximum Gasteiger partial charge on any atom is 0.472 e. The summed E-state index contributed by atoms with van der Waals surface area (Å²) < 4.78 is 32.4. The van der Waals surface area contributed by atoms with Gasteiger partial charge in [-0.15, -0.1) is 0 Å². The van der Waals surface area contributed by atoms with Crippen molar-refractivity contribution in [2.45, 2.75) is 149 Å². The highest BCUT2D eigenvalue weighted by atomic mass is 31.2. The molecule has 0 bridgehead atoms. The van der Waals surface area contributed by atoms with Gasteiger partial charge in [0.1, 0.15) is 6.61 Å². The number of unbranched alkanes of at least 4 members (excludes halogenated alkanes) is 10. The van der Waals surface area contributed by atoms with Gasteiger partial charge in [-0.25, -0.2) is 4.57 Å². The van der Waals surface area contributed by atoms with Crippen molar-refractivity contribution in [2.75, 3.05) is 19.8 Å². The van der Waals surface area contributed by atoms with Gasteiger partial charge in [0.05, 0.1) is 19.6 Å². The third-order valence-electron chi connectivity index (χ3n) is 7.28. The lowest BCUT2D eigenvalue weighted by molar-refractivity contribution is -0.160. The molecule has 0 aromatic carbocycles. The summed E-state index contributed by atoms with van der Waals surface area (Å²) in [5, 5.41) is 0. The number of rotatable bonds is 33. The molecule has 0 fully saturated rings. The van der Waals surface area contributed by atoms with E-state index in [1.807, 2.05) is 12.2 Å². The number of esters is 2. The Hall–Kier alpha value is -2.51. The predicted octanol–water partition coefficient (Wildman–Crippen LogP) is 11.4. The Labute approximate surface area is 298 Å². The van der Waals surface area contributed by atoms with Crippen molar-refractivity contribution in [1.82, 2.24) is 0 Å². The molecule has 2 atom stereocenters. The summed E-state index contributed by atoms with van der Waals surface area (Å²) in [6.07, 6.45) is 42.7. The highest BCUT2D eigenvalue weighted by Crippen LogP contribution is 2.43. The molecular formula is C40H67O8P. The number of hydrogen-bond acceptors (Lipinski definition) is 7. The Balaban J connectivity index is 4.34. The minimum atomic E-state index is -4.30. The molecular weight excluding hydrogens is 639 g/mol. The van der Waals surface area contributed by atoms with E-state index in [4.69, 9.17) is 18.5 Å². The van der Waals surface area contributed by atoms with Crippen LogP contribution in [0.3, 0.4) is 0 Å². The average molecular weight is 707 g/mol. The molecule has 2 unspecified atom stereocenters. The Morgan fingerprint density at radius 3 is 1.65 bits per heavy atom. The summed E-state index contributed by atoms with van der Waals surface area (Å²) in [5.74, 6) is -0.963. The molecule has 0 aromatic heterocycles. The molecule has 0 amide bonds. The topological polar surface area (TPSA) is 108 Å². The van der Waals surface area contributed by atoms with E-state index in [1.165, 1.54) is 38.5 Å². The number of carbonyl (C=O) groups is 2. The Morgan fingerprint density at radius 2 is 1.10 bits per heavy atom. The third kappa shape index (κ3) is 35.1. The fourth-order valence-corrected chi connectivity index (χ4v) is 5.34. The first-order chi connectivity index (χ1) is 23.8. The molecule has 9 heteroatoms. The number of ether oxygens (including phenoxy) is 2. The van der Waals surface area contributed by atoms with Gasteiger partial charge in [0.2, 0.25) is 0 Å². The van der Waals surface area contributed by atoms with Gasteiger partial charge in [0.15, 0.2) is 6.10 Å². The second-order valence-electron chi connectivity index (χ2n) is 11.9. The van der Waals surface area contributed by atoms with E-state index in [-0.39, 0.29) is 26.1 Å². The number of allylic oxidation sites excluding steroid dienone is 11. The molecule has 49 heavy (non-hydrogen) atoms. The minimum absolute atomic E-state index is 0.00898. The van der Waals surface area contributed by atoms with E-state index < -0.39 is 32.5 Å². The highest BCUT2D eigenvalue weighted by Gasteiger charge is 2.25. The van der Waals surface area contributed by atoms with Crippen LogP contribution in [0, 0.1) is 0 Å². The van der Waals surface area contributed by atoms with Crippen LogP contribution in [-0.4, -0.2) is 42.8 Å². The van der Waals surface area contributed by atoms with Crippen LogP contribution in [0.5, 0.6) is 0 Å². The Morgan fingerprint density at radius 1 is 0.592 bits per heavy atom. The number of hydrogen-bond donors (Lipinski definition) is 1. The molecule has 1 N–H and O–H groups in total. The van der Waals surface area contributed by atoms with E-state index in [0.29, 0.717) is 12.8 Å². The van der Waals surface area contributed by atoms with Gasteiger partial charge in [0.25, 0.3) is 0 Å². The van der Waals surface area contributed by atoms with Crippen LogP contribution in [0.2, 0.25) is 0 Å². The first kappa shape index (κ1) is 46.5. The molecule has 0 aromatic rings. The van der Waals surface area contributed by atoms with Gasteiger partial charge in [-0.05, 0) is 71.1 Å². The van der Waals surface area contributed by atoms with Crippen molar-refractivity contribution in [3.63, 3.8) is 0 Å². The molecule has 0 saturated heterocycles. The predicted molar refractivity (Wildman–Crippen MR) is 202 cm³/mol. The highest BCUT2D eigenvalue weighted by molar-refractivity contribution is 7.47. The maximum atomic E-state index is 12.4. The summed E-state index contributed by atoms with van der Waals surface area (Å²) >= 11 is 0. The first-order valence-electron chi connectivity index (χ1n) is 18.7. The van der Waals surface area contributed by atoms with Gasteiger partial charge in [0, 0.05) is 6.42 Å². The lowest BCUT2D eigenvalue weighted by atomic mass is 10.1. The molecule has 8 nitrogen and oxygen atoms in total. The summed E-state index contributed by atoms with van der Waals surface area (Å²) in [6, 6.07) is 0. The maximum absolute atomic E-state index is 12.4. The molecule has 280 valence electrons. The van der Waals surface area contributed by atoms with E-state index in [2.05, 4.69) is 68.5 Å². The van der Waals surface area contributed by atoms with Crippen LogP contribution in [0.4, 0.5) is 0 Å². The van der Waals surface area contributed by atoms with E-state index >= 15 is 0 Å². The SMILES string of the molecule is CC/C=C\C/C=C\C/C=C\C/C=C\C/C=C\CC(=O)OC(COC(=O)CCCCCCC/C=C\CCCCCCC)COP(=O)(O)OCC. The van der Waals surface area contributed by atoms with Crippen LogP contribution in [0.25, 0.3) is 0 Å².